The van der Waals surface area contributed by atoms with Crippen LogP contribution in [0.25, 0.3) is 0 Å². The molecule has 0 unspecified atom stereocenters. The quantitative estimate of drug-likeness (QED) is 0.847. The van der Waals surface area contributed by atoms with Gasteiger partial charge in [0.05, 0.1) is 11.7 Å². The summed E-state index contributed by atoms with van der Waals surface area (Å²) in [6.45, 7) is 3.41. The van der Waals surface area contributed by atoms with Crippen LogP contribution in [0.3, 0.4) is 0 Å². The van der Waals surface area contributed by atoms with Gasteiger partial charge in [0.25, 0.3) is 0 Å². The zero-order valence-corrected chi connectivity index (χ0v) is 12.5. The number of hydrogen-bond donors (Lipinski definition) is 1. The number of hydrogen-bond acceptors (Lipinski definition) is 4. The van der Waals surface area contributed by atoms with Crippen LogP contribution in [0, 0.1) is 0 Å². The van der Waals surface area contributed by atoms with Gasteiger partial charge in [-0.3, -0.25) is 0 Å². The first-order valence-electron chi connectivity index (χ1n) is 6.87. The predicted molar refractivity (Wildman–Crippen MR) is 79.5 cm³/mol. The highest BCUT2D eigenvalue weighted by molar-refractivity contribution is 5.95. The summed E-state index contributed by atoms with van der Waals surface area (Å²) in [4.78, 5) is 16.0. The standard InChI is InChI=1S/C16H15F3N2O2/c1-10(2)23-15(22)13-7-4-8-20-14(13)21-12-6-3-5-11(9-12)16(17,18)19/h3-10H,1-2H3,(H,20,21). The first-order valence-corrected chi connectivity index (χ1v) is 6.87. The van der Waals surface area contributed by atoms with Crippen molar-refractivity contribution in [2.75, 3.05) is 5.32 Å². The highest BCUT2D eigenvalue weighted by Crippen LogP contribution is 2.31. The minimum absolute atomic E-state index is 0.137. The van der Waals surface area contributed by atoms with Crippen molar-refractivity contribution >= 4 is 17.5 Å². The second-order valence-corrected chi connectivity index (χ2v) is 5.06. The van der Waals surface area contributed by atoms with E-state index < -0.39 is 17.7 Å². The zero-order chi connectivity index (χ0) is 17.0. The molecule has 122 valence electrons. The lowest BCUT2D eigenvalue weighted by Gasteiger charge is -2.13. The van der Waals surface area contributed by atoms with E-state index in [1.54, 1.807) is 19.9 Å². The number of carbonyl (C=O) groups excluding carboxylic acids is 1. The van der Waals surface area contributed by atoms with Gasteiger partial charge in [-0.25, -0.2) is 9.78 Å². The smallest absolute Gasteiger partial charge is 0.416 e. The Hall–Kier alpha value is -2.57. The maximum Gasteiger partial charge on any atom is 0.416 e. The monoisotopic (exact) mass is 324 g/mol. The molecule has 0 aliphatic carbocycles. The Balaban J connectivity index is 2.29. The number of alkyl halides is 3. The van der Waals surface area contributed by atoms with Gasteiger partial charge in [-0.2, -0.15) is 13.2 Å². The van der Waals surface area contributed by atoms with Crippen LogP contribution in [0.4, 0.5) is 24.7 Å². The number of aromatic nitrogens is 1. The van der Waals surface area contributed by atoms with Gasteiger partial charge >= 0.3 is 12.1 Å². The lowest BCUT2D eigenvalue weighted by atomic mass is 10.2. The minimum Gasteiger partial charge on any atom is -0.459 e. The van der Waals surface area contributed by atoms with Crippen molar-refractivity contribution in [3.05, 3.63) is 53.7 Å². The summed E-state index contributed by atoms with van der Waals surface area (Å²) in [5.74, 6) is -0.458. The molecule has 0 saturated carbocycles. The molecule has 1 aromatic carbocycles. The molecule has 7 heteroatoms. The fourth-order valence-corrected chi connectivity index (χ4v) is 1.86. The van der Waals surface area contributed by atoms with Crippen LogP contribution >= 0.6 is 0 Å². The molecule has 0 spiro atoms. The Kier molecular flexibility index (Phi) is 4.88. The van der Waals surface area contributed by atoms with Crippen LogP contribution in [-0.2, 0) is 10.9 Å². The summed E-state index contributed by atoms with van der Waals surface area (Å²) in [5, 5.41) is 2.73. The van der Waals surface area contributed by atoms with E-state index in [1.165, 1.54) is 24.4 Å². The van der Waals surface area contributed by atoms with Crippen LogP contribution in [-0.4, -0.2) is 17.1 Å². The summed E-state index contributed by atoms with van der Waals surface area (Å²) in [5.41, 5.74) is -0.458. The Morgan fingerprint density at radius 3 is 2.61 bits per heavy atom. The average molecular weight is 324 g/mol. The minimum atomic E-state index is -4.44. The number of pyridine rings is 1. The lowest BCUT2D eigenvalue weighted by Crippen LogP contribution is -2.14. The number of carbonyl (C=O) groups is 1. The van der Waals surface area contributed by atoms with E-state index in [9.17, 15) is 18.0 Å². The van der Waals surface area contributed by atoms with Crippen molar-refractivity contribution < 1.29 is 22.7 Å². The first-order chi connectivity index (χ1) is 10.8. The number of benzene rings is 1. The molecule has 4 nitrogen and oxygen atoms in total. The van der Waals surface area contributed by atoms with Crippen LogP contribution in [0.15, 0.2) is 42.6 Å². The van der Waals surface area contributed by atoms with Gasteiger partial charge < -0.3 is 10.1 Å². The molecule has 0 bridgehead atoms. The van der Waals surface area contributed by atoms with Crippen LogP contribution in [0.5, 0.6) is 0 Å². The van der Waals surface area contributed by atoms with Crippen molar-refractivity contribution in [1.29, 1.82) is 0 Å². The van der Waals surface area contributed by atoms with E-state index in [4.69, 9.17) is 4.74 Å². The van der Waals surface area contributed by atoms with E-state index in [0.29, 0.717) is 0 Å². The van der Waals surface area contributed by atoms with Crippen molar-refractivity contribution in [1.82, 2.24) is 4.98 Å². The van der Waals surface area contributed by atoms with Gasteiger partial charge in [-0.05, 0) is 44.2 Å². The third-order valence-corrected chi connectivity index (χ3v) is 2.82. The highest BCUT2D eigenvalue weighted by Gasteiger charge is 2.30. The Morgan fingerprint density at radius 2 is 1.96 bits per heavy atom. The maximum atomic E-state index is 12.7. The number of esters is 1. The Bertz CT molecular complexity index is 700. The van der Waals surface area contributed by atoms with Gasteiger partial charge in [-0.1, -0.05) is 6.07 Å². The number of halogens is 3. The van der Waals surface area contributed by atoms with E-state index in [2.05, 4.69) is 10.3 Å². The molecule has 1 N–H and O–H groups in total. The fraction of sp³-hybridized carbons (Fsp3) is 0.250. The lowest BCUT2D eigenvalue weighted by molar-refractivity contribution is -0.137. The predicted octanol–water partition coefficient (Wildman–Crippen LogP) is 4.41. The molecule has 0 atom stereocenters. The van der Waals surface area contributed by atoms with E-state index in [1.807, 2.05) is 0 Å². The van der Waals surface area contributed by atoms with E-state index >= 15 is 0 Å². The second kappa shape index (κ2) is 6.68. The molecule has 0 aliphatic heterocycles. The Labute approximate surface area is 131 Å². The van der Waals surface area contributed by atoms with E-state index in [0.717, 1.165) is 12.1 Å². The molecule has 1 heterocycles. The molecule has 0 radical (unpaired) electrons. The first kappa shape index (κ1) is 16.8. The van der Waals surface area contributed by atoms with Gasteiger partial charge in [0.15, 0.2) is 0 Å². The van der Waals surface area contributed by atoms with Gasteiger partial charge in [0, 0.05) is 11.9 Å². The number of nitrogens with zero attached hydrogens (tertiary/aromatic N) is 1. The third-order valence-electron chi connectivity index (χ3n) is 2.82. The fourth-order valence-electron chi connectivity index (χ4n) is 1.86. The molecular weight excluding hydrogens is 309 g/mol. The Morgan fingerprint density at radius 1 is 1.22 bits per heavy atom. The van der Waals surface area contributed by atoms with E-state index in [-0.39, 0.29) is 23.2 Å². The van der Waals surface area contributed by atoms with Gasteiger partial charge in [0.2, 0.25) is 0 Å². The van der Waals surface area contributed by atoms with Gasteiger partial charge in [-0.15, -0.1) is 0 Å². The molecule has 2 rings (SSSR count). The SMILES string of the molecule is CC(C)OC(=O)c1cccnc1Nc1cccc(C(F)(F)F)c1. The molecular formula is C16H15F3N2O2. The summed E-state index contributed by atoms with van der Waals surface area (Å²) in [6, 6.07) is 7.70. The van der Waals surface area contributed by atoms with Crippen molar-refractivity contribution in [2.24, 2.45) is 0 Å². The van der Waals surface area contributed by atoms with Crippen LogP contribution in [0.1, 0.15) is 29.8 Å². The highest BCUT2D eigenvalue weighted by atomic mass is 19.4. The number of anilines is 2. The molecule has 0 saturated heterocycles. The number of rotatable bonds is 4. The molecule has 23 heavy (non-hydrogen) atoms. The summed E-state index contributed by atoms with van der Waals surface area (Å²) in [7, 11) is 0. The molecule has 1 aromatic heterocycles. The van der Waals surface area contributed by atoms with Crippen molar-refractivity contribution in [3.8, 4) is 0 Å². The topological polar surface area (TPSA) is 51.2 Å². The van der Waals surface area contributed by atoms with Crippen LogP contribution < -0.4 is 5.32 Å². The normalized spacial score (nSPS) is 11.4. The van der Waals surface area contributed by atoms with Crippen molar-refractivity contribution in [2.45, 2.75) is 26.1 Å². The molecule has 0 amide bonds. The molecule has 0 aliphatic rings. The summed E-state index contributed by atoms with van der Waals surface area (Å²) >= 11 is 0. The summed E-state index contributed by atoms with van der Waals surface area (Å²) in [6.07, 6.45) is -3.33. The largest absolute Gasteiger partial charge is 0.459 e. The summed E-state index contributed by atoms with van der Waals surface area (Å²) < 4.78 is 43.3. The number of nitrogens with one attached hydrogen (secondary N) is 1. The third kappa shape index (κ3) is 4.45. The number of ether oxygens (including phenoxy) is 1. The van der Waals surface area contributed by atoms with Crippen LogP contribution in [0.2, 0.25) is 0 Å². The maximum absolute atomic E-state index is 12.7. The molecule has 2 aromatic rings. The van der Waals surface area contributed by atoms with Crippen molar-refractivity contribution in [3.63, 3.8) is 0 Å². The average Bonchev–Trinajstić information content (AvgIpc) is 2.46. The van der Waals surface area contributed by atoms with Gasteiger partial charge in [0.1, 0.15) is 11.4 Å². The molecule has 0 fully saturated rings. The second-order valence-electron chi connectivity index (χ2n) is 5.06. The zero-order valence-electron chi connectivity index (χ0n) is 12.5.